The van der Waals surface area contributed by atoms with Gasteiger partial charge >= 0.3 is 0 Å². The molecule has 0 saturated carbocycles. The molecular weight excluding hydrogens is 272 g/mol. The molecule has 0 saturated heterocycles. The monoisotopic (exact) mass is 288 g/mol. The predicted octanol–water partition coefficient (Wildman–Crippen LogP) is 2.09. The van der Waals surface area contributed by atoms with Crippen LogP contribution in [0.1, 0.15) is 23.7 Å². The summed E-state index contributed by atoms with van der Waals surface area (Å²) in [5.74, 6) is 0.198. The third-order valence-electron chi connectivity index (χ3n) is 3.56. The molecule has 0 aliphatic carbocycles. The average molecular weight is 288 g/mol. The van der Waals surface area contributed by atoms with Gasteiger partial charge in [-0.25, -0.2) is 8.42 Å². The van der Waals surface area contributed by atoms with Gasteiger partial charge in [0.2, 0.25) is 0 Å². The van der Waals surface area contributed by atoms with Crippen LogP contribution in [0.4, 0.5) is 0 Å². The fraction of sp³-hybridized carbons (Fsp3) is 0.267. The lowest BCUT2D eigenvalue weighted by Gasteiger charge is -2.26. The fourth-order valence-corrected chi connectivity index (χ4v) is 4.15. The van der Waals surface area contributed by atoms with Crippen molar-refractivity contribution >= 4 is 9.84 Å². The van der Waals surface area contributed by atoms with E-state index in [1.807, 2.05) is 30.3 Å². The van der Waals surface area contributed by atoms with Gasteiger partial charge in [0, 0.05) is 18.8 Å². The van der Waals surface area contributed by atoms with Crippen molar-refractivity contribution in [3.05, 3.63) is 59.9 Å². The van der Waals surface area contributed by atoms with Crippen LogP contribution in [-0.2, 0) is 16.4 Å². The number of nitrogens with zero attached hydrogens (tertiary/aromatic N) is 1. The lowest BCUT2D eigenvalue weighted by atomic mass is 10.0. The van der Waals surface area contributed by atoms with Crippen LogP contribution in [0.15, 0.2) is 53.6 Å². The number of pyridine rings is 1. The Morgan fingerprint density at radius 3 is 2.75 bits per heavy atom. The third-order valence-corrected chi connectivity index (χ3v) is 5.38. The zero-order chi connectivity index (χ0) is 14.0. The first kappa shape index (κ1) is 13.3. The number of nitrogens with one attached hydrogen (secondary N) is 1. The number of sulfone groups is 1. The van der Waals surface area contributed by atoms with Gasteiger partial charge in [-0.2, -0.15) is 0 Å². The van der Waals surface area contributed by atoms with E-state index in [4.69, 9.17) is 0 Å². The van der Waals surface area contributed by atoms with Crippen molar-refractivity contribution in [2.24, 2.45) is 0 Å². The van der Waals surface area contributed by atoms with Gasteiger partial charge in [-0.15, -0.1) is 0 Å². The van der Waals surface area contributed by atoms with Gasteiger partial charge in [-0.05, 0) is 30.2 Å². The number of fused-ring (bicyclic) bond motifs is 1. The van der Waals surface area contributed by atoms with E-state index < -0.39 is 9.84 Å². The molecule has 20 heavy (non-hydrogen) atoms. The summed E-state index contributed by atoms with van der Waals surface area (Å²) in [4.78, 5) is 4.73. The van der Waals surface area contributed by atoms with Crippen LogP contribution in [0.2, 0.25) is 0 Å². The molecule has 1 aromatic carbocycles. The molecule has 0 radical (unpaired) electrons. The van der Waals surface area contributed by atoms with Gasteiger partial charge < -0.3 is 5.32 Å². The van der Waals surface area contributed by atoms with E-state index in [9.17, 15) is 8.42 Å². The standard InChI is InChI=1S/C15H16N2O2S/c18-20(19)10-8-14(13-6-1-2-7-15(13)20)17-11-12-5-3-4-9-16-12/h1-7,9,14,17H,8,10-11H2. The lowest BCUT2D eigenvalue weighted by molar-refractivity contribution is 0.488. The smallest absolute Gasteiger partial charge is 0.178 e. The summed E-state index contributed by atoms with van der Waals surface area (Å²) in [5, 5.41) is 3.40. The van der Waals surface area contributed by atoms with E-state index in [-0.39, 0.29) is 11.8 Å². The highest BCUT2D eigenvalue weighted by Gasteiger charge is 2.29. The number of rotatable bonds is 3. The fourth-order valence-electron chi connectivity index (χ4n) is 2.53. The maximum atomic E-state index is 12.1. The number of hydrogen-bond acceptors (Lipinski definition) is 4. The molecule has 1 N–H and O–H groups in total. The van der Waals surface area contributed by atoms with Crippen LogP contribution in [0, 0.1) is 0 Å². The van der Waals surface area contributed by atoms with E-state index in [0.717, 1.165) is 11.3 Å². The predicted molar refractivity (Wildman–Crippen MR) is 76.9 cm³/mol. The molecule has 1 atom stereocenters. The SMILES string of the molecule is O=S1(=O)CCC(NCc2ccccn2)c2ccccc21. The third kappa shape index (κ3) is 2.59. The maximum Gasteiger partial charge on any atom is 0.178 e. The van der Waals surface area contributed by atoms with Crippen LogP contribution >= 0.6 is 0 Å². The summed E-state index contributed by atoms with van der Waals surface area (Å²) in [7, 11) is -3.11. The molecular formula is C15H16N2O2S. The van der Waals surface area contributed by atoms with Gasteiger partial charge in [-0.3, -0.25) is 4.98 Å². The van der Waals surface area contributed by atoms with Gasteiger partial charge in [-0.1, -0.05) is 24.3 Å². The zero-order valence-corrected chi connectivity index (χ0v) is 11.8. The molecule has 3 rings (SSSR count). The van der Waals surface area contributed by atoms with Crippen LogP contribution in [-0.4, -0.2) is 19.2 Å². The molecule has 104 valence electrons. The second-order valence-electron chi connectivity index (χ2n) is 4.90. The van der Waals surface area contributed by atoms with Crippen LogP contribution < -0.4 is 5.32 Å². The Bertz CT molecular complexity index is 699. The summed E-state index contributed by atoms with van der Waals surface area (Å²) in [6.07, 6.45) is 2.36. The first-order valence-corrected chi connectivity index (χ1v) is 8.27. The molecule has 0 spiro atoms. The molecule has 1 aliphatic rings. The lowest BCUT2D eigenvalue weighted by Crippen LogP contribution is -2.29. The summed E-state index contributed by atoms with van der Waals surface area (Å²) in [6.45, 7) is 0.639. The largest absolute Gasteiger partial charge is 0.304 e. The molecule has 0 fully saturated rings. The molecule has 0 amide bonds. The second kappa shape index (κ2) is 5.34. The Morgan fingerprint density at radius 1 is 1.15 bits per heavy atom. The molecule has 2 heterocycles. The number of benzene rings is 1. The Kier molecular flexibility index (Phi) is 3.54. The Hall–Kier alpha value is -1.72. The Labute approximate surface area is 118 Å². The normalized spacial score (nSPS) is 20.3. The molecule has 0 bridgehead atoms. The van der Waals surface area contributed by atoms with Crippen molar-refractivity contribution < 1.29 is 8.42 Å². The quantitative estimate of drug-likeness (QED) is 0.939. The van der Waals surface area contributed by atoms with Crippen LogP contribution in [0.25, 0.3) is 0 Å². The molecule has 1 aromatic heterocycles. The minimum Gasteiger partial charge on any atom is -0.304 e. The van der Waals surface area contributed by atoms with Crippen molar-refractivity contribution in [3.63, 3.8) is 0 Å². The van der Waals surface area contributed by atoms with Crippen molar-refractivity contribution in [1.29, 1.82) is 0 Å². The number of hydrogen-bond donors (Lipinski definition) is 1. The van der Waals surface area contributed by atoms with Crippen molar-refractivity contribution in [2.75, 3.05) is 5.75 Å². The van der Waals surface area contributed by atoms with Crippen LogP contribution in [0.3, 0.4) is 0 Å². The van der Waals surface area contributed by atoms with E-state index in [1.54, 1.807) is 18.3 Å². The molecule has 4 nitrogen and oxygen atoms in total. The minimum atomic E-state index is -3.11. The molecule has 5 heteroatoms. The highest BCUT2D eigenvalue weighted by Crippen LogP contribution is 2.31. The molecule has 1 unspecified atom stereocenters. The Balaban J connectivity index is 1.82. The van der Waals surface area contributed by atoms with Crippen molar-refractivity contribution in [1.82, 2.24) is 10.3 Å². The highest BCUT2D eigenvalue weighted by atomic mass is 32.2. The maximum absolute atomic E-state index is 12.1. The van der Waals surface area contributed by atoms with E-state index >= 15 is 0 Å². The zero-order valence-electron chi connectivity index (χ0n) is 11.0. The minimum absolute atomic E-state index is 0.0664. The summed E-state index contributed by atoms with van der Waals surface area (Å²) in [6, 6.07) is 13.1. The molecule has 1 aliphatic heterocycles. The summed E-state index contributed by atoms with van der Waals surface area (Å²) >= 11 is 0. The van der Waals surface area contributed by atoms with Gasteiger partial charge in [0.25, 0.3) is 0 Å². The topological polar surface area (TPSA) is 59.1 Å². The summed E-state index contributed by atoms with van der Waals surface area (Å²) < 4.78 is 24.1. The Morgan fingerprint density at radius 2 is 1.95 bits per heavy atom. The van der Waals surface area contributed by atoms with Gasteiger partial charge in [0.15, 0.2) is 9.84 Å². The van der Waals surface area contributed by atoms with Gasteiger partial charge in [0.05, 0.1) is 16.3 Å². The summed E-state index contributed by atoms with van der Waals surface area (Å²) in [5.41, 5.74) is 1.83. The van der Waals surface area contributed by atoms with Gasteiger partial charge in [0.1, 0.15) is 0 Å². The van der Waals surface area contributed by atoms with Crippen molar-refractivity contribution in [3.8, 4) is 0 Å². The number of aromatic nitrogens is 1. The van der Waals surface area contributed by atoms with Crippen molar-refractivity contribution in [2.45, 2.75) is 23.9 Å². The van der Waals surface area contributed by atoms with E-state index in [0.29, 0.717) is 17.9 Å². The first-order valence-electron chi connectivity index (χ1n) is 6.62. The first-order chi connectivity index (χ1) is 9.67. The molecule has 2 aromatic rings. The highest BCUT2D eigenvalue weighted by molar-refractivity contribution is 7.91. The van der Waals surface area contributed by atoms with Crippen LogP contribution in [0.5, 0.6) is 0 Å². The van der Waals surface area contributed by atoms with E-state index in [1.165, 1.54) is 0 Å². The van der Waals surface area contributed by atoms with E-state index in [2.05, 4.69) is 10.3 Å². The average Bonchev–Trinajstić information content (AvgIpc) is 2.48. The second-order valence-corrected chi connectivity index (χ2v) is 6.98.